The highest BCUT2D eigenvalue weighted by atomic mass is 35.5. The normalized spacial score (nSPS) is 10.2. The minimum absolute atomic E-state index is 0.105. The van der Waals surface area contributed by atoms with Gasteiger partial charge in [0.1, 0.15) is 22.4 Å². The van der Waals surface area contributed by atoms with Gasteiger partial charge in [-0.25, -0.2) is 4.79 Å². The number of carbonyl (C=O) groups is 3. The maximum Gasteiger partial charge on any atom is 0.341 e. The molecule has 0 spiro atoms. The average Bonchev–Trinajstić information content (AvgIpc) is 3.02. The van der Waals surface area contributed by atoms with Crippen LogP contribution in [-0.2, 0) is 9.53 Å². The summed E-state index contributed by atoms with van der Waals surface area (Å²) < 4.78 is 15.2. The van der Waals surface area contributed by atoms with E-state index in [1.54, 1.807) is 25.1 Å². The zero-order chi connectivity index (χ0) is 20.8. The number of hydrogen-bond acceptors (Lipinski definition) is 7. The van der Waals surface area contributed by atoms with Crippen LogP contribution in [0.25, 0.3) is 0 Å². The Morgan fingerprint density at radius 1 is 1.11 bits per heavy atom. The first kappa shape index (κ1) is 21.5. The summed E-state index contributed by atoms with van der Waals surface area (Å²) in [6.07, 6.45) is 0. The maximum absolute atomic E-state index is 12.8. The Kier molecular flexibility index (Phi) is 7.24. The summed E-state index contributed by atoms with van der Waals surface area (Å²) in [5, 5.41) is 5.44. The van der Waals surface area contributed by atoms with Crippen molar-refractivity contribution in [2.45, 2.75) is 6.92 Å². The van der Waals surface area contributed by atoms with E-state index in [2.05, 4.69) is 10.6 Å². The molecule has 0 atom stereocenters. The molecule has 0 saturated carbocycles. The van der Waals surface area contributed by atoms with E-state index in [0.29, 0.717) is 22.7 Å². The molecule has 8 nitrogen and oxygen atoms in total. The fourth-order valence-corrected chi connectivity index (χ4v) is 3.59. The Balaban J connectivity index is 2.43. The summed E-state index contributed by atoms with van der Waals surface area (Å²) in [5.74, 6) is -0.978. The number of rotatable bonds is 7. The SMILES string of the molecule is COC(=O)c1c(NC(=O)CCl)sc(C(=O)Nc2cc(OC)ccc2OC)c1C. The number of anilines is 2. The molecule has 1 aromatic carbocycles. The first-order valence-corrected chi connectivity index (χ1v) is 9.32. The smallest absolute Gasteiger partial charge is 0.341 e. The molecular formula is C18H19ClN2O6S. The number of methoxy groups -OCH3 is 3. The second kappa shape index (κ2) is 9.43. The van der Waals surface area contributed by atoms with Crippen LogP contribution in [0.3, 0.4) is 0 Å². The summed E-state index contributed by atoms with van der Waals surface area (Å²) in [6.45, 7) is 1.59. The van der Waals surface area contributed by atoms with E-state index in [0.717, 1.165) is 11.3 Å². The number of carbonyl (C=O) groups excluding carboxylic acids is 3. The molecule has 150 valence electrons. The number of alkyl halides is 1. The number of ether oxygens (including phenoxy) is 3. The second-order valence-corrected chi connectivity index (χ2v) is 6.74. The third-order valence-electron chi connectivity index (χ3n) is 3.77. The van der Waals surface area contributed by atoms with E-state index in [4.69, 9.17) is 25.8 Å². The lowest BCUT2D eigenvalue weighted by atomic mass is 10.1. The van der Waals surface area contributed by atoms with Gasteiger partial charge in [0.25, 0.3) is 5.91 Å². The predicted molar refractivity (Wildman–Crippen MR) is 107 cm³/mol. The van der Waals surface area contributed by atoms with Crippen molar-refractivity contribution in [2.75, 3.05) is 37.8 Å². The van der Waals surface area contributed by atoms with Crippen LogP contribution in [0.1, 0.15) is 25.6 Å². The van der Waals surface area contributed by atoms with E-state index in [1.165, 1.54) is 21.3 Å². The molecule has 28 heavy (non-hydrogen) atoms. The van der Waals surface area contributed by atoms with Gasteiger partial charge in [-0.2, -0.15) is 0 Å². The number of hydrogen-bond donors (Lipinski definition) is 2. The van der Waals surface area contributed by atoms with E-state index in [-0.39, 0.29) is 21.3 Å². The molecule has 2 aromatic rings. The molecule has 0 radical (unpaired) electrons. The second-order valence-electron chi connectivity index (χ2n) is 5.45. The van der Waals surface area contributed by atoms with Gasteiger partial charge >= 0.3 is 5.97 Å². The molecule has 2 N–H and O–H groups in total. The number of amides is 2. The summed E-state index contributed by atoms with van der Waals surface area (Å²) in [5.41, 5.74) is 0.875. The van der Waals surface area contributed by atoms with Crippen molar-refractivity contribution in [1.29, 1.82) is 0 Å². The van der Waals surface area contributed by atoms with Crippen molar-refractivity contribution < 1.29 is 28.6 Å². The van der Waals surface area contributed by atoms with Gasteiger partial charge in [0.15, 0.2) is 0 Å². The zero-order valence-electron chi connectivity index (χ0n) is 15.7. The van der Waals surface area contributed by atoms with Gasteiger partial charge in [-0.15, -0.1) is 22.9 Å². The van der Waals surface area contributed by atoms with Crippen molar-refractivity contribution in [1.82, 2.24) is 0 Å². The summed E-state index contributed by atoms with van der Waals surface area (Å²) in [6, 6.07) is 4.96. The van der Waals surface area contributed by atoms with Gasteiger partial charge in [0.05, 0.1) is 37.5 Å². The number of esters is 1. The van der Waals surface area contributed by atoms with Crippen LogP contribution in [0.5, 0.6) is 11.5 Å². The first-order chi connectivity index (χ1) is 13.4. The Bertz CT molecular complexity index is 912. The largest absolute Gasteiger partial charge is 0.497 e. The molecular weight excluding hydrogens is 408 g/mol. The van der Waals surface area contributed by atoms with E-state index in [9.17, 15) is 14.4 Å². The topological polar surface area (TPSA) is 103 Å². The van der Waals surface area contributed by atoms with Crippen LogP contribution >= 0.6 is 22.9 Å². The number of nitrogens with one attached hydrogen (secondary N) is 2. The van der Waals surface area contributed by atoms with E-state index < -0.39 is 17.8 Å². The standard InChI is InChI=1S/C18H19ClN2O6S/c1-9-14(18(24)27-4)17(21-13(22)8-19)28-15(9)16(23)20-11-7-10(25-2)5-6-12(11)26-3/h5-7H,8H2,1-4H3,(H,20,23)(H,21,22). The molecule has 0 bridgehead atoms. The molecule has 0 aliphatic heterocycles. The Morgan fingerprint density at radius 3 is 2.39 bits per heavy atom. The van der Waals surface area contributed by atoms with Crippen molar-refractivity contribution in [3.63, 3.8) is 0 Å². The summed E-state index contributed by atoms with van der Waals surface area (Å²) >= 11 is 6.47. The van der Waals surface area contributed by atoms with Crippen LogP contribution in [0.2, 0.25) is 0 Å². The molecule has 1 heterocycles. The lowest BCUT2D eigenvalue weighted by Crippen LogP contribution is -2.15. The molecule has 0 aliphatic carbocycles. The van der Waals surface area contributed by atoms with E-state index in [1.807, 2.05) is 0 Å². The Labute approximate surface area is 170 Å². The first-order valence-electron chi connectivity index (χ1n) is 7.97. The highest BCUT2D eigenvalue weighted by Crippen LogP contribution is 2.35. The van der Waals surface area contributed by atoms with Crippen LogP contribution in [0.15, 0.2) is 18.2 Å². The van der Waals surface area contributed by atoms with Gasteiger partial charge in [-0.3, -0.25) is 9.59 Å². The van der Waals surface area contributed by atoms with Gasteiger partial charge in [-0.1, -0.05) is 0 Å². The van der Waals surface area contributed by atoms with Crippen molar-refractivity contribution in [2.24, 2.45) is 0 Å². The molecule has 2 rings (SSSR count). The fraction of sp³-hybridized carbons (Fsp3) is 0.278. The number of benzene rings is 1. The van der Waals surface area contributed by atoms with Crippen LogP contribution in [0, 0.1) is 6.92 Å². The lowest BCUT2D eigenvalue weighted by Gasteiger charge is -2.11. The quantitative estimate of drug-likeness (QED) is 0.520. The van der Waals surface area contributed by atoms with Crippen molar-refractivity contribution in [3.05, 3.63) is 34.2 Å². The Hall–Kier alpha value is -2.78. The highest BCUT2D eigenvalue weighted by molar-refractivity contribution is 7.19. The minimum Gasteiger partial charge on any atom is -0.497 e. The molecule has 2 amide bonds. The molecule has 10 heteroatoms. The van der Waals surface area contributed by atoms with Gasteiger partial charge in [-0.05, 0) is 24.6 Å². The monoisotopic (exact) mass is 426 g/mol. The summed E-state index contributed by atoms with van der Waals surface area (Å²) in [7, 11) is 4.20. The highest BCUT2D eigenvalue weighted by Gasteiger charge is 2.26. The molecule has 0 saturated heterocycles. The summed E-state index contributed by atoms with van der Waals surface area (Å²) in [4.78, 5) is 36.9. The molecule has 0 aliphatic rings. The third kappa shape index (κ3) is 4.55. The van der Waals surface area contributed by atoms with Crippen molar-refractivity contribution >= 4 is 51.4 Å². The average molecular weight is 427 g/mol. The lowest BCUT2D eigenvalue weighted by molar-refractivity contribution is -0.113. The Morgan fingerprint density at radius 2 is 1.82 bits per heavy atom. The number of halogens is 1. The van der Waals surface area contributed by atoms with Gasteiger partial charge in [0.2, 0.25) is 5.91 Å². The number of thiophene rings is 1. The van der Waals surface area contributed by atoms with Crippen LogP contribution < -0.4 is 20.1 Å². The molecule has 1 aromatic heterocycles. The van der Waals surface area contributed by atoms with Crippen LogP contribution in [0.4, 0.5) is 10.7 Å². The van der Waals surface area contributed by atoms with Crippen molar-refractivity contribution in [3.8, 4) is 11.5 Å². The predicted octanol–water partition coefficient (Wildman–Crippen LogP) is 3.29. The van der Waals surface area contributed by atoms with Crippen LogP contribution in [-0.4, -0.2) is 45.0 Å². The fourth-order valence-electron chi connectivity index (χ4n) is 2.42. The maximum atomic E-state index is 12.8. The zero-order valence-corrected chi connectivity index (χ0v) is 17.2. The molecule has 0 unspecified atom stereocenters. The minimum atomic E-state index is -0.670. The third-order valence-corrected chi connectivity index (χ3v) is 5.22. The molecule has 0 fully saturated rings. The van der Waals surface area contributed by atoms with Gasteiger partial charge in [0, 0.05) is 6.07 Å². The van der Waals surface area contributed by atoms with E-state index >= 15 is 0 Å². The van der Waals surface area contributed by atoms with Gasteiger partial charge < -0.3 is 24.8 Å².